The van der Waals surface area contributed by atoms with E-state index in [0.29, 0.717) is 11.7 Å². The van der Waals surface area contributed by atoms with Crippen LogP contribution in [-0.2, 0) is 9.53 Å². The van der Waals surface area contributed by atoms with Crippen LogP contribution in [0, 0.1) is 5.92 Å². The number of carbonyl (C=O) groups excluding carboxylic acids is 1. The molecule has 1 N–H and O–H groups in total. The Labute approximate surface area is 116 Å². The quantitative estimate of drug-likeness (QED) is 0.453. The number of hydrogen-bond donors (Lipinski definition) is 1. The normalized spacial score (nSPS) is 10.9. The molecule has 1 rings (SSSR count). The van der Waals surface area contributed by atoms with Crippen molar-refractivity contribution in [1.29, 1.82) is 0 Å². The SMILES string of the molecule is CCC(CC)C(=O)Nc1nnc(SCCOC)s1. The number of thioether (sulfide) groups is 1. The van der Waals surface area contributed by atoms with Gasteiger partial charge in [0.1, 0.15) is 0 Å². The molecule has 5 nitrogen and oxygen atoms in total. The smallest absolute Gasteiger partial charge is 0.229 e. The van der Waals surface area contributed by atoms with Crippen LogP contribution in [0.2, 0.25) is 0 Å². The molecule has 0 radical (unpaired) electrons. The molecule has 0 aliphatic rings. The summed E-state index contributed by atoms with van der Waals surface area (Å²) in [5, 5.41) is 11.4. The molecule has 0 aliphatic heterocycles. The lowest BCUT2D eigenvalue weighted by atomic mass is 10.0. The zero-order valence-corrected chi connectivity index (χ0v) is 12.6. The van der Waals surface area contributed by atoms with Crippen molar-refractivity contribution in [2.75, 3.05) is 24.8 Å². The van der Waals surface area contributed by atoms with Gasteiger partial charge in [0.2, 0.25) is 11.0 Å². The van der Waals surface area contributed by atoms with Crippen molar-refractivity contribution in [3.63, 3.8) is 0 Å². The Hall–Kier alpha value is -0.660. The number of ether oxygens (including phenoxy) is 1. The summed E-state index contributed by atoms with van der Waals surface area (Å²) in [5.41, 5.74) is 0. The van der Waals surface area contributed by atoms with Gasteiger partial charge in [0.05, 0.1) is 6.61 Å². The summed E-state index contributed by atoms with van der Waals surface area (Å²) in [6.07, 6.45) is 1.69. The molecule has 1 aromatic rings. The van der Waals surface area contributed by atoms with E-state index in [1.165, 1.54) is 11.3 Å². The van der Waals surface area contributed by atoms with Crippen molar-refractivity contribution in [1.82, 2.24) is 10.2 Å². The standard InChI is InChI=1S/C11H19N3O2S2/c1-4-8(5-2)9(15)12-10-13-14-11(18-10)17-7-6-16-3/h8H,4-7H2,1-3H3,(H,12,13,15). The van der Waals surface area contributed by atoms with E-state index in [0.717, 1.165) is 22.9 Å². The number of aromatic nitrogens is 2. The average Bonchev–Trinajstić information content (AvgIpc) is 2.79. The fraction of sp³-hybridized carbons (Fsp3) is 0.727. The zero-order valence-electron chi connectivity index (χ0n) is 10.9. The maximum atomic E-state index is 11.8. The van der Waals surface area contributed by atoms with E-state index in [4.69, 9.17) is 4.74 Å². The largest absolute Gasteiger partial charge is 0.384 e. The van der Waals surface area contributed by atoms with Gasteiger partial charge in [-0.3, -0.25) is 4.79 Å². The van der Waals surface area contributed by atoms with E-state index in [1.54, 1.807) is 18.9 Å². The van der Waals surface area contributed by atoms with E-state index in [1.807, 2.05) is 13.8 Å². The van der Waals surface area contributed by atoms with Gasteiger partial charge >= 0.3 is 0 Å². The van der Waals surface area contributed by atoms with E-state index in [-0.39, 0.29) is 11.8 Å². The summed E-state index contributed by atoms with van der Waals surface area (Å²) >= 11 is 2.98. The van der Waals surface area contributed by atoms with Gasteiger partial charge in [-0.25, -0.2) is 0 Å². The number of nitrogens with zero attached hydrogens (tertiary/aromatic N) is 2. The van der Waals surface area contributed by atoms with Crippen molar-refractivity contribution in [3.05, 3.63) is 0 Å². The third kappa shape index (κ3) is 4.91. The van der Waals surface area contributed by atoms with Gasteiger partial charge in [-0.2, -0.15) is 0 Å². The monoisotopic (exact) mass is 289 g/mol. The van der Waals surface area contributed by atoms with Crippen LogP contribution in [0.5, 0.6) is 0 Å². The number of rotatable bonds is 8. The molecule has 0 spiro atoms. The summed E-state index contributed by atoms with van der Waals surface area (Å²) in [5.74, 6) is 0.925. The number of nitrogens with one attached hydrogen (secondary N) is 1. The van der Waals surface area contributed by atoms with Crippen LogP contribution in [0.3, 0.4) is 0 Å². The predicted octanol–water partition coefficient (Wildman–Crippen LogP) is 2.65. The Kier molecular flexibility index (Phi) is 7.22. The lowest BCUT2D eigenvalue weighted by molar-refractivity contribution is -0.120. The molecule has 0 aromatic carbocycles. The molecule has 0 saturated heterocycles. The Morgan fingerprint density at radius 1 is 1.44 bits per heavy atom. The lowest BCUT2D eigenvalue weighted by Crippen LogP contribution is -2.21. The molecule has 0 unspecified atom stereocenters. The fourth-order valence-corrected chi connectivity index (χ4v) is 3.12. The minimum atomic E-state index is 0.0320. The van der Waals surface area contributed by atoms with Gasteiger partial charge in [0.15, 0.2) is 4.34 Å². The maximum Gasteiger partial charge on any atom is 0.229 e. The molecule has 0 bridgehead atoms. The Balaban J connectivity index is 2.45. The second kappa shape index (κ2) is 8.44. The van der Waals surface area contributed by atoms with Gasteiger partial charge in [0, 0.05) is 18.8 Å². The average molecular weight is 289 g/mol. The molecule has 0 aliphatic carbocycles. The highest BCUT2D eigenvalue weighted by molar-refractivity contribution is 8.01. The third-order valence-corrected chi connectivity index (χ3v) is 4.44. The lowest BCUT2D eigenvalue weighted by Gasteiger charge is -2.09. The van der Waals surface area contributed by atoms with Gasteiger partial charge in [-0.05, 0) is 12.8 Å². The molecule has 0 saturated carbocycles. The molecular weight excluding hydrogens is 270 g/mol. The van der Waals surface area contributed by atoms with Crippen molar-refractivity contribution in [3.8, 4) is 0 Å². The molecule has 18 heavy (non-hydrogen) atoms. The second-order valence-corrected chi connectivity index (χ2v) is 6.04. The molecule has 7 heteroatoms. The van der Waals surface area contributed by atoms with E-state index in [2.05, 4.69) is 15.5 Å². The first-order chi connectivity index (χ1) is 8.71. The summed E-state index contributed by atoms with van der Waals surface area (Å²) in [4.78, 5) is 11.8. The first-order valence-electron chi connectivity index (χ1n) is 5.97. The highest BCUT2D eigenvalue weighted by Gasteiger charge is 2.16. The Bertz CT molecular complexity index is 367. The molecule has 1 amide bonds. The second-order valence-electron chi connectivity index (χ2n) is 3.72. The van der Waals surface area contributed by atoms with Gasteiger partial charge in [-0.15, -0.1) is 10.2 Å². The Morgan fingerprint density at radius 2 is 2.17 bits per heavy atom. The van der Waals surface area contributed by atoms with Crippen LogP contribution in [-0.4, -0.2) is 35.6 Å². The molecular formula is C11H19N3O2S2. The van der Waals surface area contributed by atoms with E-state index in [9.17, 15) is 4.79 Å². The number of anilines is 1. The predicted molar refractivity (Wildman–Crippen MR) is 75.2 cm³/mol. The van der Waals surface area contributed by atoms with Crippen LogP contribution < -0.4 is 5.32 Å². The van der Waals surface area contributed by atoms with Crippen molar-refractivity contribution in [2.45, 2.75) is 31.0 Å². The van der Waals surface area contributed by atoms with Crippen molar-refractivity contribution >= 4 is 34.1 Å². The van der Waals surface area contributed by atoms with Crippen molar-refractivity contribution < 1.29 is 9.53 Å². The van der Waals surface area contributed by atoms with Gasteiger partial charge < -0.3 is 10.1 Å². The minimum absolute atomic E-state index is 0.0320. The topological polar surface area (TPSA) is 64.1 Å². The first kappa shape index (κ1) is 15.4. The molecule has 0 fully saturated rings. The highest BCUT2D eigenvalue weighted by atomic mass is 32.2. The molecule has 102 valence electrons. The van der Waals surface area contributed by atoms with Crippen molar-refractivity contribution in [2.24, 2.45) is 5.92 Å². The summed E-state index contributed by atoms with van der Waals surface area (Å²) < 4.78 is 5.81. The van der Waals surface area contributed by atoms with Gasteiger partial charge in [-0.1, -0.05) is 36.9 Å². The van der Waals surface area contributed by atoms with Crippen LogP contribution >= 0.6 is 23.1 Å². The third-order valence-electron chi connectivity index (χ3n) is 2.51. The molecule has 1 heterocycles. The van der Waals surface area contributed by atoms with Crippen LogP contribution in [0.15, 0.2) is 4.34 Å². The highest BCUT2D eigenvalue weighted by Crippen LogP contribution is 2.25. The summed E-state index contributed by atoms with van der Waals surface area (Å²) in [6, 6.07) is 0. The van der Waals surface area contributed by atoms with Crippen LogP contribution in [0.1, 0.15) is 26.7 Å². The minimum Gasteiger partial charge on any atom is -0.384 e. The number of hydrogen-bond acceptors (Lipinski definition) is 6. The Morgan fingerprint density at radius 3 is 2.78 bits per heavy atom. The fourth-order valence-electron chi connectivity index (χ4n) is 1.40. The van der Waals surface area contributed by atoms with E-state index >= 15 is 0 Å². The number of methoxy groups -OCH3 is 1. The van der Waals surface area contributed by atoms with Crippen LogP contribution in [0.25, 0.3) is 0 Å². The molecule has 0 atom stereocenters. The zero-order chi connectivity index (χ0) is 13.4. The first-order valence-corrected chi connectivity index (χ1v) is 7.77. The number of amides is 1. The van der Waals surface area contributed by atoms with Crippen LogP contribution in [0.4, 0.5) is 5.13 Å². The maximum absolute atomic E-state index is 11.8. The summed E-state index contributed by atoms with van der Waals surface area (Å²) in [7, 11) is 1.67. The van der Waals surface area contributed by atoms with E-state index < -0.39 is 0 Å². The number of carbonyl (C=O) groups is 1. The molecule has 1 aromatic heterocycles. The summed E-state index contributed by atoms with van der Waals surface area (Å²) in [6.45, 7) is 4.71. The van der Waals surface area contributed by atoms with Gasteiger partial charge in [0.25, 0.3) is 0 Å².